The van der Waals surface area contributed by atoms with Gasteiger partial charge in [-0.1, -0.05) is 122 Å². The van der Waals surface area contributed by atoms with E-state index < -0.39 is 44.4 Å². The lowest BCUT2D eigenvalue weighted by Crippen LogP contribution is -2.66. The molecule has 0 aliphatic heterocycles. The van der Waals surface area contributed by atoms with Gasteiger partial charge >= 0.3 is 5.97 Å². The zero-order chi connectivity index (χ0) is 43.7. The van der Waals surface area contributed by atoms with Crippen LogP contribution >= 0.6 is 0 Å². The van der Waals surface area contributed by atoms with Crippen molar-refractivity contribution >= 4 is 35.6 Å². The Kier molecular flexibility index (Phi) is 17.0. The van der Waals surface area contributed by atoms with Crippen LogP contribution in [0.15, 0.2) is 83.8 Å². The summed E-state index contributed by atoms with van der Waals surface area (Å²) in [6.45, 7) is 24.5. The Morgan fingerprint density at radius 3 is 2.00 bits per heavy atom. The number of ether oxygens (including phenoxy) is 4. The molecule has 1 heterocycles. The normalized spacial score (nSPS) is 16.4. The largest absolute Gasteiger partial charge is 0.492 e. The molecule has 10 heteroatoms. The van der Waals surface area contributed by atoms with E-state index in [0.29, 0.717) is 46.6 Å². The first-order chi connectivity index (χ1) is 27.9. The minimum atomic E-state index is -2.73. The van der Waals surface area contributed by atoms with Gasteiger partial charge in [-0.3, -0.25) is 4.79 Å². The average Bonchev–Trinajstić information content (AvgIpc) is 3.67. The van der Waals surface area contributed by atoms with Gasteiger partial charge in [0.15, 0.2) is 18.3 Å². The third-order valence-corrected chi connectivity index (χ3v) is 17.0. The summed E-state index contributed by atoms with van der Waals surface area (Å²) in [7, 11) is 0.354. The van der Waals surface area contributed by atoms with Gasteiger partial charge < -0.3 is 38.0 Å². The predicted molar refractivity (Wildman–Crippen MR) is 239 cm³/mol. The van der Waals surface area contributed by atoms with E-state index in [-0.39, 0.29) is 29.6 Å². The van der Waals surface area contributed by atoms with Crippen LogP contribution in [0.4, 0.5) is 0 Å². The summed E-state index contributed by atoms with van der Waals surface area (Å²) >= 11 is 0. The van der Waals surface area contributed by atoms with E-state index in [9.17, 15) is 15.0 Å². The summed E-state index contributed by atoms with van der Waals surface area (Å²) in [6, 6.07) is 23.3. The van der Waals surface area contributed by atoms with Crippen LogP contribution in [-0.2, 0) is 18.7 Å². The van der Waals surface area contributed by atoms with Crippen molar-refractivity contribution in [2.45, 2.75) is 118 Å². The van der Waals surface area contributed by atoms with Gasteiger partial charge in [-0.2, -0.15) is 0 Å². The first kappa shape index (κ1) is 47.7. The van der Waals surface area contributed by atoms with Crippen molar-refractivity contribution in [3.63, 3.8) is 0 Å². The second-order valence-electron chi connectivity index (χ2n) is 17.7. The third kappa shape index (κ3) is 10.9. The first-order valence-electron chi connectivity index (χ1n) is 21.1. The van der Waals surface area contributed by atoms with Crippen LogP contribution in [0.1, 0.15) is 110 Å². The number of carbonyl (C=O) groups is 1. The number of methoxy groups -OCH3 is 2. The summed E-state index contributed by atoms with van der Waals surface area (Å²) < 4.78 is 37.7. The molecular formula is C49H70O9Si. The van der Waals surface area contributed by atoms with E-state index in [4.69, 9.17) is 27.8 Å². The van der Waals surface area contributed by atoms with Gasteiger partial charge in [0.05, 0.1) is 24.9 Å². The van der Waals surface area contributed by atoms with Gasteiger partial charge in [0.2, 0.25) is 0 Å². The fourth-order valence-corrected chi connectivity index (χ4v) is 13.3. The maximum atomic E-state index is 12.9. The fraction of sp³-hybridized carbons (Fsp3) is 0.531. The Bertz CT molecular complexity index is 1900. The SMILES string of the molecule is C=C[C@@H](C)CC[C@@H](O)[C@H](C)[C@H](O)[C@@H](C)C(OC(C)=O)c1c(OCOC)c(OC)c(C)c2oc([C@@H](C)C[C@H](C)CO[Si](c3ccccc3)(c3ccccc3)C(C)(C)C)cc12. The van der Waals surface area contributed by atoms with Gasteiger partial charge in [-0.05, 0) is 59.5 Å². The van der Waals surface area contributed by atoms with Gasteiger partial charge in [0.1, 0.15) is 17.4 Å². The van der Waals surface area contributed by atoms with E-state index >= 15 is 0 Å². The van der Waals surface area contributed by atoms with Crippen molar-refractivity contribution in [1.82, 2.24) is 0 Å². The second kappa shape index (κ2) is 21.0. The number of benzene rings is 3. The summed E-state index contributed by atoms with van der Waals surface area (Å²) in [6.07, 6.45) is 1.03. The molecule has 0 aliphatic rings. The van der Waals surface area contributed by atoms with Crippen molar-refractivity contribution in [1.29, 1.82) is 0 Å². The van der Waals surface area contributed by atoms with E-state index in [2.05, 4.69) is 102 Å². The molecule has 59 heavy (non-hydrogen) atoms. The molecule has 1 aromatic heterocycles. The minimum absolute atomic E-state index is 0.0231. The highest BCUT2D eigenvalue weighted by atomic mass is 28.4. The van der Waals surface area contributed by atoms with Crippen LogP contribution in [-0.4, -0.2) is 64.3 Å². The van der Waals surface area contributed by atoms with Crippen LogP contribution in [0.2, 0.25) is 5.04 Å². The Labute approximate surface area is 354 Å². The Morgan fingerprint density at radius 2 is 1.49 bits per heavy atom. The summed E-state index contributed by atoms with van der Waals surface area (Å²) in [5.41, 5.74) is 1.80. The van der Waals surface area contributed by atoms with Gasteiger partial charge in [-0.25, -0.2) is 0 Å². The number of rotatable bonds is 22. The Balaban J connectivity index is 1.75. The first-order valence-corrected chi connectivity index (χ1v) is 23.0. The summed E-state index contributed by atoms with van der Waals surface area (Å²) in [5.74, 6) is 0.146. The average molecular weight is 831 g/mol. The molecule has 0 saturated heterocycles. The predicted octanol–water partition coefficient (Wildman–Crippen LogP) is 9.64. The molecule has 4 aromatic rings. The number of esters is 1. The number of fused-ring (bicyclic) bond motifs is 1. The lowest BCUT2D eigenvalue weighted by Gasteiger charge is -2.43. The Hall–Kier alpha value is -3.93. The van der Waals surface area contributed by atoms with Crippen LogP contribution in [0, 0.1) is 30.6 Å². The van der Waals surface area contributed by atoms with Crippen LogP contribution in [0.3, 0.4) is 0 Å². The lowest BCUT2D eigenvalue weighted by atomic mass is 9.81. The molecule has 0 bridgehead atoms. The number of allylic oxidation sites excluding steroid dienone is 1. The molecule has 1 unspecified atom stereocenters. The molecule has 0 saturated carbocycles. The number of hydrogen-bond acceptors (Lipinski definition) is 9. The molecule has 2 N–H and O–H groups in total. The highest BCUT2D eigenvalue weighted by molar-refractivity contribution is 6.99. The molecule has 324 valence electrons. The molecule has 8 atom stereocenters. The van der Waals surface area contributed by atoms with Crippen molar-refractivity contribution in [3.05, 3.63) is 96.3 Å². The molecule has 4 rings (SSSR count). The fourth-order valence-electron chi connectivity index (χ4n) is 8.56. The molecule has 0 fully saturated rings. The van der Waals surface area contributed by atoms with Gasteiger partial charge in [-0.15, -0.1) is 6.58 Å². The lowest BCUT2D eigenvalue weighted by molar-refractivity contribution is -0.153. The summed E-state index contributed by atoms with van der Waals surface area (Å²) in [4.78, 5) is 12.9. The number of aryl methyl sites for hydroxylation is 1. The topological polar surface area (TPSA) is 117 Å². The van der Waals surface area contributed by atoms with E-state index in [1.54, 1.807) is 7.11 Å². The molecule has 0 spiro atoms. The molecule has 0 radical (unpaired) electrons. The quantitative estimate of drug-likeness (QED) is 0.0346. The van der Waals surface area contributed by atoms with Crippen molar-refractivity contribution in [2.24, 2.45) is 23.7 Å². The molecular weight excluding hydrogens is 761 g/mol. The number of aliphatic hydroxyl groups excluding tert-OH is 2. The van der Waals surface area contributed by atoms with E-state index in [0.717, 1.165) is 18.6 Å². The van der Waals surface area contributed by atoms with Crippen molar-refractivity contribution in [2.75, 3.05) is 27.6 Å². The highest BCUT2D eigenvalue weighted by Gasteiger charge is 2.50. The highest BCUT2D eigenvalue weighted by Crippen LogP contribution is 2.50. The van der Waals surface area contributed by atoms with Gasteiger partial charge in [0.25, 0.3) is 8.32 Å². The van der Waals surface area contributed by atoms with E-state index in [1.165, 1.54) is 24.4 Å². The maximum Gasteiger partial charge on any atom is 0.303 e. The molecule has 3 aromatic carbocycles. The van der Waals surface area contributed by atoms with E-state index in [1.807, 2.05) is 39.8 Å². The summed E-state index contributed by atoms with van der Waals surface area (Å²) in [5, 5.41) is 26.0. The zero-order valence-corrected chi connectivity index (χ0v) is 38.5. The molecule has 0 aliphatic carbocycles. The third-order valence-electron chi connectivity index (χ3n) is 12.0. The van der Waals surface area contributed by atoms with Crippen molar-refractivity contribution < 1.29 is 42.8 Å². The minimum Gasteiger partial charge on any atom is -0.492 e. The van der Waals surface area contributed by atoms with Crippen LogP contribution < -0.4 is 19.8 Å². The number of aliphatic hydroxyl groups is 2. The molecule has 0 amide bonds. The monoisotopic (exact) mass is 830 g/mol. The maximum absolute atomic E-state index is 12.9. The standard InChI is InChI=1S/C49H70O9Si/c1-14-31(2)25-26-41(51)34(5)44(52)35(6)46(57-37(8)50)43-40-28-42(58-45(40)36(7)47(54-13)48(43)55-30-53-12)33(4)27-32(3)29-56-59(49(9,10)11,38-21-17-15-18-22-38)39-23-19-16-20-24-39/h14-24,28,31-35,41,44,46,51-52H,1,25-27,29-30H2,2-13H3/t31-,32+,33+,34+,35-,41-,44+,46?/m1/s1. The van der Waals surface area contributed by atoms with Crippen LogP contribution in [0.25, 0.3) is 11.0 Å². The van der Waals surface area contributed by atoms with Crippen molar-refractivity contribution in [3.8, 4) is 11.5 Å². The second-order valence-corrected chi connectivity index (χ2v) is 22.0. The number of carbonyl (C=O) groups excluding carboxylic acids is 1. The number of furan rings is 1. The van der Waals surface area contributed by atoms with Gasteiger partial charge in [0, 0.05) is 49.3 Å². The molecule has 9 nitrogen and oxygen atoms in total. The number of hydrogen-bond donors (Lipinski definition) is 2. The Morgan fingerprint density at radius 1 is 0.898 bits per heavy atom. The van der Waals surface area contributed by atoms with Crippen LogP contribution in [0.5, 0.6) is 11.5 Å². The smallest absolute Gasteiger partial charge is 0.303 e. The zero-order valence-electron chi connectivity index (χ0n) is 37.5.